The molecule has 152 valence electrons. The predicted octanol–water partition coefficient (Wildman–Crippen LogP) is 5.64. The van der Waals surface area contributed by atoms with Gasteiger partial charge in [-0.2, -0.15) is 13.2 Å². The normalized spacial score (nSPS) is 11.6. The van der Waals surface area contributed by atoms with E-state index < -0.39 is 17.6 Å². The SMILES string of the molecule is O=C(CSc1nc(-c2ccco2)nc2ccccc12)Nc1ccccc1C(F)(F)F. The molecule has 4 aromatic rings. The summed E-state index contributed by atoms with van der Waals surface area (Å²) >= 11 is 1.12. The van der Waals surface area contributed by atoms with Gasteiger partial charge in [0.25, 0.3) is 0 Å². The molecule has 0 unspecified atom stereocenters. The molecular weight excluding hydrogens is 415 g/mol. The molecule has 0 bridgehead atoms. The molecule has 5 nitrogen and oxygen atoms in total. The fraction of sp³-hybridized carbons (Fsp3) is 0.0952. The summed E-state index contributed by atoms with van der Waals surface area (Å²) in [6, 6.07) is 15.6. The third kappa shape index (κ3) is 4.30. The van der Waals surface area contributed by atoms with Crippen LogP contribution in [0.4, 0.5) is 18.9 Å². The van der Waals surface area contributed by atoms with E-state index in [1.165, 1.54) is 24.5 Å². The number of benzene rings is 2. The summed E-state index contributed by atoms with van der Waals surface area (Å²) in [6.45, 7) is 0. The molecule has 30 heavy (non-hydrogen) atoms. The van der Waals surface area contributed by atoms with Gasteiger partial charge in [-0.15, -0.1) is 0 Å². The van der Waals surface area contributed by atoms with E-state index in [-0.39, 0.29) is 11.4 Å². The van der Waals surface area contributed by atoms with E-state index in [2.05, 4.69) is 15.3 Å². The Kier molecular flexibility index (Phi) is 5.45. The Morgan fingerprint density at radius 2 is 1.77 bits per heavy atom. The molecule has 0 saturated heterocycles. The van der Waals surface area contributed by atoms with Gasteiger partial charge in [-0.3, -0.25) is 4.79 Å². The van der Waals surface area contributed by atoms with Gasteiger partial charge in [-0.25, -0.2) is 9.97 Å². The van der Waals surface area contributed by atoms with Crippen molar-refractivity contribution in [3.63, 3.8) is 0 Å². The highest BCUT2D eigenvalue weighted by Gasteiger charge is 2.33. The molecule has 4 rings (SSSR count). The number of nitrogens with one attached hydrogen (secondary N) is 1. The topological polar surface area (TPSA) is 68.0 Å². The van der Waals surface area contributed by atoms with Crippen LogP contribution in [-0.2, 0) is 11.0 Å². The van der Waals surface area contributed by atoms with E-state index >= 15 is 0 Å². The number of hydrogen-bond acceptors (Lipinski definition) is 5. The molecule has 2 aromatic carbocycles. The first-order chi connectivity index (χ1) is 14.4. The van der Waals surface area contributed by atoms with Gasteiger partial charge in [0, 0.05) is 5.39 Å². The van der Waals surface area contributed by atoms with Crippen molar-refractivity contribution in [3.8, 4) is 11.6 Å². The number of carbonyl (C=O) groups excluding carboxylic acids is 1. The van der Waals surface area contributed by atoms with Gasteiger partial charge in [0.15, 0.2) is 11.6 Å². The number of nitrogens with zero attached hydrogens (tertiary/aromatic N) is 2. The van der Waals surface area contributed by atoms with Gasteiger partial charge < -0.3 is 9.73 Å². The van der Waals surface area contributed by atoms with Crippen LogP contribution in [0.3, 0.4) is 0 Å². The summed E-state index contributed by atoms with van der Waals surface area (Å²) in [6.07, 6.45) is -3.05. The van der Waals surface area contributed by atoms with Crippen molar-refractivity contribution in [2.24, 2.45) is 0 Å². The lowest BCUT2D eigenvalue weighted by molar-refractivity contribution is -0.137. The van der Waals surface area contributed by atoms with Crippen molar-refractivity contribution in [2.45, 2.75) is 11.2 Å². The minimum Gasteiger partial charge on any atom is -0.461 e. The molecule has 1 amide bonds. The third-order valence-electron chi connectivity index (χ3n) is 4.16. The number of furan rings is 1. The van der Waals surface area contributed by atoms with Crippen molar-refractivity contribution >= 4 is 34.3 Å². The first-order valence-corrected chi connectivity index (χ1v) is 9.80. The highest BCUT2D eigenvalue weighted by atomic mass is 32.2. The number of alkyl halides is 3. The lowest BCUT2D eigenvalue weighted by atomic mass is 10.1. The summed E-state index contributed by atoms with van der Waals surface area (Å²) in [4.78, 5) is 21.3. The highest BCUT2D eigenvalue weighted by molar-refractivity contribution is 8.00. The quantitative estimate of drug-likeness (QED) is 0.329. The van der Waals surface area contributed by atoms with E-state index in [9.17, 15) is 18.0 Å². The molecular formula is C21H14F3N3O2S. The number of rotatable bonds is 5. The van der Waals surface area contributed by atoms with Gasteiger partial charge in [0.05, 0.1) is 28.8 Å². The summed E-state index contributed by atoms with van der Waals surface area (Å²) < 4.78 is 44.7. The Bertz CT molecular complexity index is 1190. The maximum Gasteiger partial charge on any atom is 0.418 e. The Balaban J connectivity index is 1.56. The van der Waals surface area contributed by atoms with Crippen LogP contribution in [0.2, 0.25) is 0 Å². The number of hydrogen-bond donors (Lipinski definition) is 1. The molecule has 2 heterocycles. The summed E-state index contributed by atoms with van der Waals surface area (Å²) in [7, 11) is 0. The van der Waals surface area contributed by atoms with E-state index in [0.717, 1.165) is 23.2 Å². The minimum atomic E-state index is -4.56. The standard InChI is InChI=1S/C21H14F3N3O2S/c22-21(23,24)14-7-2-4-9-16(14)25-18(28)12-30-20-13-6-1-3-8-15(13)26-19(27-20)17-10-5-11-29-17/h1-11H,12H2,(H,25,28). The Labute approximate surface area is 173 Å². The largest absolute Gasteiger partial charge is 0.461 e. The number of carbonyl (C=O) groups is 1. The molecule has 0 aliphatic rings. The molecule has 2 aromatic heterocycles. The van der Waals surface area contributed by atoms with Crippen LogP contribution >= 0.6 is 11.8 Å². The molecule has 0 aliphatic heterocycles. The van der Waals surface area contributed by atoms with Crippen molar-refractivity contribution in [3.05, 3.63) is 72.5 Å². The smallest absolute Gasteiger partial charge is 0.418 e. The molecule has 0 saturated carbocycles. The fourth-order valence-corrected chi connectivity index (χ4v) is 3.65. The minimum absolute atomic E-state index is 0.120. The third-order valence-corrected chi connectivity index (χ3v) is 5.15. The van der Waals surface area contributed by atoms with E-state index in [0.29, 0.717) is 22.1 Å². The number of anilines is 1. The molecule has 1 N–H and O–H groups in total. The maximum atomic E-state index is 13.1. The van der Waals surface area contributed by atoms with Gasteiger partial charge in [0.2, 0.25) is 5.91 Å². The molecule has 0 fully saturated rings. The van der Waals surface area contributed by atoms with Crippen LogP contribution in [0.5, 0.6) is 0 Å². The van der Waals surface area contributed by atoms with Gasteiger partial charge in [-0.1, -0.05) is 42.1 Å². The number of para-hydroxylation sites is 2. The fourth-order valence-electron chi connectivity index (χ4n) is 2.83. The second-order valence-electron chi connectivity index (χ2n) is 6.23. The summed E-state index contributed by atoms with van der Waals surface area (Å²) in [5, 5.41) is 3.61. The number of thioether (sulfide) groups is 1. The van der Waals surface area contributed by atoms with Gasteiger partial charge in [-0.05, 0) is 30.3 Å². The van der Waals surface area contributed by atoms with Crippen molar-refractivity contribution in [2.75, 3.05) is 11.1 Å². The zero-order valence-electron chi connectivity index (χ0n) is 15.3. The molecule has 0 spiro atoms. The second kappa shape index (κ2) is 8.19. The summed E-state index contributed by atoms with van der Waals surface area (Å²) in [5.74, 6) is 0.152. The van der Waals surface area contributed by atoms with Crippen LogP contribution in [-0.4, -0.2) is 21.6 Å². The lowest BCUT2D eigenvalue weighted by Crippen LogP contribution is -2.18. The average molecular weight is 429 g/mol. The zero-order valence-corrected chi connectivity index (χ0v) is 16.1. The Hall–Kier alpha value is -3.33. The second-order valence-corrected chi connectivity index (χ2v) is 7.19. The Morgan fingerprint density at radius 3 is 2.53 bits per heavy atom. The van der Waals surface area contributed by atoms with Crippen LogP contribution in [0, 0.1) is 0 Å². The maximum absolute atomic E-state index is 13.1. The van der Waals surface area contributed by atoms with Gasteiger partial charge >= 0.3 is 6.18 Å². The molecule has 9 heteroatoms. The van der Waals surface area contributed by atoms with Crippen LogP contribution in [0.15, 0.2) is 76.4 Å². The number of amides is 1. The zero-order chi connectivity index (χ0) is 21.1. The van der Waals surface area contributed by atoms with Crippen LogP contribution in [0.25, 0.3) is 22.5 Å². The lowest BCUT2D eigenvalue weighted by Gasteiger charge is -2.13. The average Bonchev–Trinajstić information content (AvgIpc) is 3.26. The monoisotopic (exact) mass is 429 g/mol. The Morgan fingerprint density at radius 1 is 1.00 bits per heavy atom. The van der Waals surface area contributed by atoms with Crippen LogP contribution in [0.1, 0.15) is 5.56 Å². The highest BCUT2D eigenvalue weighted by Crippen LogP contribution is 2.35. The first-order valence-electron chi connectivity index (χ1n) is 8.81. The van der Waals surface area contributed by atoms with E-state index in [1.807, 2.05) is 24.3 Å². The van der Waals surface area contributed by atoms with E-state index in [1.54, 1.807) is 12.1 Å². The molecule has 0 radical (unpaired) electrons. The summed E-state index contributed by atoms with van der Waals surface area (Å²) in [5.41, 5.74) is -0.500. The number of halogens is 3. The van der Waals surface area contributed by atoms with Crippen molar-refractivity contribution in [1.82, 2.24) is 9.97 Å². The van der Waals surface area contributed by atoms with Gasteiger partial charge in [0.1, 0.15) is 5.03 Å². The molecule has 0 aliphatic carbocycles. The van der Waals surface area contributed by atoms with E-state index in [4.69, 9.17) is 4.42 Å². The molecule has 0 atom stereocenters. The predicted molar refractivity (Wildman–Crippen MR) is 108 cm³/mol. The number of fused-ring (bicyclic) bond motifs is 1. The number of aromatic nitrogens is 2. The van der Waals surface area contributed by atoms with Crippen LogP contribution < -0.4 is 5.32 Å². The first kappa shape index (κ1) is 20.0. The van der Waals surface area contributed by atoms with Crippen molar-refractivity contribution in [1.29, 1.82) is 0 Å². The van der Waals surface area contributed by atoms with Crippen molar-refractivity contribution < 1.29 is 22.4 Å².